The number of nitrogens with zero attached hydrogens (tertiary/aromatic N) is 1. The minimum absolute atomic E-state index is 0.00407. The fraction of sp³-hybridized carbons (Fsp3) is 0.105. The molecule has 27 heavy (non-hydrogen) atoms. The number of benzene rings is 2. The van der Waals surface area contributed by atoms with Crippen LogP contribution in [0.5, 0.6) is 17.2 Å². The third-order valence-corrected chi connectivity index (χ3v) is 4.23. The Morgan fingerprint density at radius 1 is 1.07 bits per heavy atom. The molecule has 0 saturated carbocycles. The van der Waals surface area contributed by atoms with Crippen LogP contribution in [-0.2, 0) is 9.59 Å². The molecule has 0 unspecified atom stereocenters. The molecule has 2 amide bonds. The lowest BCUT2D eigenvalue weighted by molar-refractivity contribution is -0.122. The summed E-state index contributed by atoms with van der Waals surface area (Å²) < 4.78 is 10.2. The van der Waals surface area contributed by atoms with E-state index in [1.807, 2.05) is 0 Å². The van der Waals surface area contributed by atoms with Gasteiger partial charge in [0.15, 0.2) is 16.6 Å². The van der Waals surface area contributed by atoms with Gasteiger partial charge in [0, 0.05) is 0 Å². The molecule has 0 spiro atoms. The van der Waals surface area contributed by atoms with Gasteiger partial charge >= 0.3 is 0 Å². The maximum Gasteiger partial charge on any atom is 0.270 e. The quantitative estimate of drug-likeness (QED) is 0.478. The topological polar surface area (TPSA) is 88.1 Å². The van der Waals surface area contributed by atoms with Gasteiger partial charge in [0.25, 0.3) is 11.8 Å². The summed E-state index contributed by atoms with van der Waals surface area (Å²) in [6, 6.07) is 11.2. The molecular formula is C19H16N2O5S. The van der Waals surface area contributed by atoms with Crippen molar-refractivity contribution in [1.29, 1.82) is 0 Å². The van der Waals surface area contributed by atoms with Gasteiger partial charge in [-0.2, -0.15) is 0 Å². The molecule has 8 heteroatoms. The monoisotopic (exact) mass is 384 g/mol. The molecule has 0 aromatic heterocycles. The first kappa shape index (κ1) is 18.4. The van der Waals surface area contributed by atoms with Gasteiger partial charge in [0.1, 0.15) is 11.3 Å². The van der Waals surface area contributed by atoms with E-state index in [-0.39, 0.29) is 22.2 Å². The smallest absolute Gasteiger partial charge is 0.270 e. The van der Waals surface area contributed by atoms with Crippen LogP contribution in [0.3, 0.4) is 0 Å². The fourth-order valence-electron chi connectivity index (χ4n) is 2.57. The summed E-state index contributed by atoms with van der Waals surface area (Å²) in [6.45, 7) is 0. The van der Waals surface area contributed by atoms with Gasteiger partial charge in [-0.15, -0.1) is 0 Å². The number of carbonyl (C=O) groups is 2. The van der Waals surface area contributed by atoms with Gasteiger partial charge in [0.2, 0.25) is 0 Å². The molecule has 2 aromatic carbocycles. The van der Waals surface area contributed by atoms with E-state index in [1.165, 1.54) is 30.2 Å². The second kappa shape index (κ2) is 7.46. The van der Waals surface area contributed by atoms with E-state index in [9.17, 15) is 14.7 Å². The predicted octanol–water partition coefficient (Wildman–Crippen LogP) is 2.24. The van der Waals surface area contributed by atoms with E-state index in [1.54, 1.807) is 37.4 Å². The Bertz CT molecular complexity index is 953. The molecule has 2 aromatic rings. The molecule has 0 bridgehead atoms. The molecule has 0 aliphatic carbocycles. The highest BCUT2D eigenvalue weighted by molar-refractivity contribution is 7.80. The molecule has 1 saturated heterocycles. The largest absolute Gasteiger partial charge is 0.504 e. The standard InChI is InChI=1S/C19H16N2O5S/c1-25-13-6-4-12(5-7-13)21-18(24)14(17(23)20-19(21)27)9-11-3-8-15(22)16(10-11)26-2/h3-10,22H,1-2H3,(H,20,23,27)/b14-9-. The zero-order chi connectivity index (χ0) is 19.6. The predicted molar refractivity (Wildman–Crippen MR) is 104 cm³/mol. The van der Waals surface area contributed by atoms with Crippen molar-refractivity contribution in [3.63, 3.8) is 0 Å². The number of aromatic hydroxyl groups is 1. The molecule has 1 fully saturated rings. The summed E-state index contributed by atoms with van der Waals surface area (Å²) in [7, 11) is 2.95. The summed E-state index contributed by atoms with van der Waals surface area (Å²) >= 11 is 5.16. The van der Waals surface area contributed by atoms with Crippen molar-refractivity contribution < 1.29 is 24.2 Å². The first-order valence-corrected chi connectivity index (χ1v) is 8.28. The van der Waals surface area contributed by atoms with Crippen molar-refractivity contribution in [2.45, 2.75) is 0 Å². The average molecular weight is 384 g/mol. The molecule has 0 radical (unpaired) electrons. The minimum Gasteiger partial charge on any atom is -0.504 e. The Morgan fingerprint density at radius 2 is 1.78 bits per heavy atom. The first-order valence-electron chi connectivity index (χ1n) is 7.87. The van der Waals surface area contributed by atoms with Crippen LogP contribution in [0.25, 0.3) is 6.08 Å². The van der Waals surface area contributed by atoms with Gasteiger partial charge < -0.3 is 14.6 Å². The van der Waals surface area contributed by atoms with E-state index in [2.05, 4.69) is 5.32 Å². The Balaban J connectivity index is 1.99. The van der Waals surface area contributed by atoms with Gasteiger partial charge in [-0.05, 0) is 60.3 Å². The number of phenolic OH excluding ortho intramolecular Hbond substituents is 1. The van der Waals surface area contributed by atoms with Crippen molar-refractivity contribution in [3.8, 4) is 17.2 Å². The summed E-state index contributed by atoms with van der Waals surface area (Å²) in [5, 5.41) is 12.2. The molecule has 0 atom stereocenters. The van der Waals surface area contributed by atoms with Crippen molar-refractivity contribution in [1.82, 2.24) is 5.32 Å². The summed E-state index contributed by atoms with van der Waals surface area (Å²) in [6.07, 6.45) is 1.41. The number of phenols is 1. The third-order valence-electron chi connectivity index (χ3n) is 3.95. The molecular weight excluding hydrogens is 368 g/mol. The van der Waals surface area contributed by atoms with Crippen LogP contribution in [0.2, 0.25) is 0 Å². The number of carbonyl (C=O) groups excluding carboxylic acids is 2. The SMILES string of the molecule is COc1ccc(N2C(=O)/C(=C\c3ccc(O)c(OC)c3)C(=O)NC2=S)cc1. The Morgan fingerprint density at radius 3 is 2.41 bits per heavy atom. The van der Waals surface area contributed by atoms with Crippen LogP contribution < -0.4 is 19.7 Å². The van der Waals surface area contributed by atoms with Crippen LogP contribution >= 0.6 is 12.2 Å². The maximum atomic E-state index is 12.9. The average Bonchev–Trinajstić information content (AvgIpc) is 2.66. The van der Waals surface area contributed by atoms with E-state index in [4.69, 9.17) is 21.7 Å². The first-order chi connectivity index (χ1) is 12.9. The number of ether oxygens (including phenoxy) is 2. The molecule has 2 N–H and O–H groups in total. The van der Waals surface area contributed by atoms with Crippen molar-refractivity contribution in [2.75, 3.05) is 19.1 Å². The lowest BCUT2D eigenvalue weighted by Gasteiger charge is -2.29. The Labute approximate surface area is 160 Å². The van der Waals surface area contributed by atoms with Crippen LogP contribution in [0.1, 0.15) is 5.56 Å². The van der Waals surface area contributed by atoms with Crippen molar-refractivity contribution in [3.05, 3.63) is 53.6 Å². The Kier molecular flexibility index (Phi) is 5.09. The zero-order valence-electron chi connectivity index (χ0n) is 14.6. The summed E-state index contributed by atoms with van der Waals surface area (Å²) in [4.78, 5) is 26.5. The number of methoxy groups -OCH3 is 2. The number of thiocarbonyl (C=S) groups is 1. The van der Waals surface area contributed by atoms with Crippen molar-refractivity contribution >= 4 is 40.9 Å². The molecule has 1 heterocycles. The Hall–Kier alpha value is -3.39. The highest BCUT2D eigenvalue weighted by Gasteiger charge is 2.34. The summed E-state index contributed by atoms with van der Waals surface area (Å²) in [5.41, 5.74) is 0.929. The molecule has 3 rings (SSSR count). The van der Waals surface area contributed by atoms with Crippen LogP contribution in [0.4, 0.5) is 5.69 Å². The van der Waals surface area contributed by atoms with Gasteiger partial charge in [-0.25, -0.2) is 0 Å². The lowest BCUT2D eigenvalue weighted by atomic mass is 10.1. The van der Waals surface area contributed by atoms with Crippen LogP contribution in [-0.4, -0.2) is 36.3 Å². The molecule has 138 valence electrons. The van der Waals surface area contributed by atoms with Gasteiger partial charge in [0.05, 0.1) is 19.9 Å². The van der Waals surface area contributed by atoms with Crippen LogP contribution in [0.15, 0.2) is 48.0 Å². The van der Waals surface area contributed by atoms with E-state index < -0.39 is 11.8 Å². The number of anilines is 1. The highest BCUT2D eigenvalue weighted by Crippen LogP contribution is 2.28. The number of rotatable bonds is 4. The van der Waals surface area contributed by atoms with E-state index >= 15 is 0 Å². The minimum atomic E-state index is -0.596. The second-order valence-electron chi connectivity index (χ2n) is 5.59. The molecule has 1 aliphatic rings. The highest BCUT2D eigenvalue weighted by atomic mass is 32.1. The van der Waals surface area contributed by atoms with Gasteiger partial charge in [-0.1, -0.05) is 6.07 Å². The molecule has 7 nitrogen and oxygen atoms in total. The third kappa shape index (κ3) is 3.61. The number of nitrogens with one attached hydrogen (secondary N) is 1. The van der Waals surface area contributed by atoms with Gasteiger partial charge in [-0.3, -0.25) is 19.8 Å². The zero-order valence-corrected chi connectivity index (χ0v) is 15.4. The second-order valence-corrected chi connectivity index (χ2v) is 5.97. The normalized spacial score (nSPS) is 15.7. The number of hydrogen-bond donors (Lipinski definition) is 2. The number of hydrogen-bond acceptors (Lipinski definition) is 6. The maximum absolute atomic E-state index is 12.9. The lowest BCUT2D eigenvalue weighted by Crippen LogP contribution is -2.54. The summed E-state index contributed by atoms with van der Waals surface area (Å²) in [5.74, 6) is -0.330. The van der Waals surface area contributed by atoms with E-state index in [0.717, 1.165) is 0 Å². The fourth-order valence-corrected chi connectivity index (χ4v) is 2.85. The number of amides is 2. The van der Waals surface area contributed by atoms with Crippen LogP contribution in [0, 0.1) is 0 Å². The van der Waals surface area contributed by atoms with E-state index in [0.29, 0.717) is 17.0 Å². The van der Waals surface area contributed by atoms with Crippen molar-refractivity contribution in [2.24, 2.45) is 0 Å². The molecule has 1 aliphatic heterocycles.